The number of benzene rings is 2. The third-order valence-electron chi connectivity index (χ3n) is 24.1. The van der Waals surface area contributed by atoms with Crippen molar-refractivity contribution in [2.75, 3.05) is 51.1 Å². The van der Waals surface area contributed by atoms with Gasteiger partial charge in [-0.05, 0) is 135 Å². The largest absolute Gasteiger partial charge is 0.386 e. The molecule has 33 nitrogen and oxygen atoms in total. The van der Waals surface area contributed by atoms with Crippen molar-refractivity contribution in [1.29, 1.82) is 0 Å². The molecule has 0 fully saturated rings. The van der Waals surface area contributed by atoms with Gasteiger partial charge < -0.3 is 79.3 Å². The van der Waals surface area contributed by atoms with E-state index in [4.69, 9.17) is 39.9 Å². The van der Waals surface area contributed by atoms with E-state index in [0.29, 0.717) is 95.9 Å². The number of urea groups is 1. The molecule has 6 atom stereocenters. The predicted octanol–water partition coefficient (Wildman–Crippen LogP) is 11.2. The maximum absolute atomic E-state index is 11.7. The van der Waals surface area contributed by atoms with Crippen LogP contribution in [-0.2, 0) is 80.9 Å². The number of pyridine rings is 11. The van der Waals surface area contributed by atoms with Crippen molar-refractivity contribution in [2.45, 2.75) is 102 Å². The van der Waals surface area contributed by atoms with Gasteiger partial charge in [0, 0.05) is 238 Å². The van der Waals surface area contributed by atoms with Crippen molar-refractivity contribution in [3.8, 4) is 66.8 Å². The number of anilines is 1. The zero-order valence-electron chi connectivity index (χ0n) is 69.4. The highest BCUT2D eigenvalue weighted by molar-refractivity contribution is 6.05. The maximum Gasteiger partial charge on any atom is 0.320 e. The van der Waals surface area contributed by atoms with Gasteiger partial charge in [0.15, 0.2) is 11.4 Å². The molecule has 1 aliphatic carbocycles. The molecular formula is C96H86N18O15. The van der Waals surface area contributed by atoms with Crippen molar-refractivity contribution < 1.29 is 73.4 Å². The molecule has 0 saturated carbocycles. The number of para-hydroxylation sites is 1. The Morgan fingerprint density at radius 1 is 0.380 bits per heavy atom. The van der Waals surface area contributed by atoms with Crippen LogP contribution in [0.15, 0.2) is 221 Å². The Hall–Kier alpha value is -14.2. The van der Waals surface area contributed by atoms with Crippen LogP contribution < -0.4 is 16.4 Å². The number of aliphatic hydroxyl groups is 6. The summed E-state index contributed by atoms with van der Waals surface area (Å²) in [5.41, 5.74) is 39.7. The van der Waals surface area contributed by atoms with E-state index in [1.54, 1.807) is 105 Å². The van der Waals surface area contributed by atoms with E-state index in [9.17, 15) is 45.0 Å². The lowest BCUT2D eigenvalue weighted by molar-refractivity contribution is 0.00979. The number of ether oxygens (including phenoxy) is 6. The second kappa shape index (κ2) is 37.0. The second-order valence-corrected chi connectivity index (χ2v) is 32.0. The van der Waals surface area contributed by atoms with Crippen LogP contribution in [0.3, 0.4) is 0 Å². The third kappa shape index (κ3) is 17.3. The topological polar surface area (TPSA) is 451 Å². The number of aliphatic hydroxyl groups excluding tert-OH is 6. The van der Waals surface area contributed by atoms with E-state index in [0.717, 1.165) is 192 Å². The zero-order valence-corrected chi connectivity index (χ0v) is 69.4. The molecule has 650 valence electrons. The molecule has 2 aromatic carbocycles. The number of aryl methyl sites for hydroxylation is 2. The summed E-state index contributed by atoms with van der Waals surface area (Å²) in [6, 6.07) is 26.7. The fraction of sp³-hybridized carbons (Fsp3) is 0.240. The van der Waals surface area contributed by atoms with Gasteiger partial charge >= 0.3 is 6.03 Å². The van der Waals surface area contributed by atoms with E-state index < -0.39 is 48.6 Å². The fourth-order valence-corrected chi connectivity index (χ4v) is 17.5. The molecule has 0 bridgehead atoms. The smallest absolute Gasteiger partial charge is 0.320 e. The molecule has 24 rings (SSSR count). The minimum absolute atomic E-state index is 0.225. The Morgan fingerprint density at radius 3 is 1.26 bits per heavy atom. The summed E-state index contributed by atoms with van der Waals surface area (Å²) >= 11 is 0. The molecule has 10 N–H and O–H groups in total. The summed E-state index contributed by atoms with van der Waals surface area (Å²) in [4.78, 5) is 79.2. The van der Waals surface area contributed by atoms with Crippen molar-refractivity contribution >= 4 is 51.4 Å². The van der Waals surface area contributed by atoms with Crippen LogP contribution in [0, 0.1) is 0 Å². The quantitative estimate of drug-likeness (QED) is 0.0734. The van der Waals surface area contributed by atoms with Crippen LogP contribution in [0.1, 0.15) is 148 Å². The molecule has 0 saturated heterocycles. The number of nitrogens with zero attached hydrogens (tertiary/aromatic N) is 16. The summed E-state index contributed by atoms with van der Waals surface area (Å²) in [6.45, 7) is 5.30. The number of rotatable bonds is 7. The average Bonchev–Trinajstić information content (AvgIpc) is 1.53. The van der Waals surface area contributed by atoms with Gasteiger partial charge in [0.25, 0.3) is 5.91 Å². The number of imidazole rings is 2. The van der Waals surface area contributed by atoms with E-state index in [1.165, 1.54) is 4.90 Å². The Balaban J connectivity index is 0.000000101. The Bertz CT molecular complexity index is 6650. The molecule has 33 heteroatoms. The maximum atomic E-state index is 11.7. The van der Waals surface area contributed by atoms with Gasteiger partial charge in [0.05, 0.1) is 90.4 Å². The number of carbonyl (C=O) groups is 3. The summed E-state index contributed by atoms with van der Waals surface area (Å²) < 4.78 is 38.5. The lowest BCUT2D eigenvalue weighted by Crippen LogP contribution is -2.40. The van der Waals surface area contributed by atoms with Gasteiger partial charge in [-0.15, -0.1) is 10.2 Å². The highest BCUT2D eigenvalue weighted by Gasteiger charge is 2.31. The van der Waals surface area contributed by atoms with Crippen LogP contribution in [-0.4, -0.2) is 168 Å². The first-order chi connectivity index (χ1) is 63.0. The number of primary amides is 2. The van der Waals surface area contributed by atoms with Crippen LogP contribution >= 0.6 is 0 Å². The van der Waals surface area contributed by atoms with Gasteiger partial charge in [0.1, 0.15) is 60.1 Å². The van der Waals surface area contributed by atoms with Crippen molar-refractivity contribution in [3.63, 3.8) is 0 Å². The van der Waals surface area contributed by atoms with Gasteiger partial charge in [0.2, 0.25) is 0 Å². The first-order valence-electron chi connectivity index (χ1n) is 42.0. The number of carbonyl (C=O) groups excluding carboxylic acids is 3. The number of hydrogen-bond acceptors (Lipinski definition) is 27. The van der Waals surface area contributed by atoms with E-state index >= 15 is 0 Å². The number of Topliss-reactive ketones (excluding diaryl/α,β-unsaturated/α-hetero) is 1. The van der Waals surface area contributed by atoms with Crippen molar-refractivity contribution in [1.82, 2.24) is 73.2 Å². The highest BCUT2D eigenvalue weighted by Crippen LogP contribution is 2.42. The van der Waals surface area contributed by atoms with Gasteiger partial charge in [-0.2, -0.15) is 0 Å². The Morgan fingerprint density at radius 2 is 0.798 bits per heavy atom. The summed E-state index contributed by atoms with van der Waals surface area (Å²) in [7, 11) is 0. The number of aromatic nitrogens is 15. The number of ketones is 1. The lowest BCUT2D eigenvalue weighted by atomic mass is 9.93. The number of fused-ring (bicyclic) bond motifs is 12. The van der Waals surface area contributed by atoms with E-state index in [1.807, 2.05) is 123 Å². The van der Waals surface area contributed by atoms with Crippen LogP contribution in [0.2, 0.25) is 0 Å². The second-order valence-electron chi connectivity index (χ2n) is 32.0. The molecule has 14 aromatic heterocycles. The molecule has 7 aliphatic heterocycles. The summed E-state index contributed by atoms with van der Waals surface area (Å²) in [5, 5.41) is 68.8. The minimum atomic E-state index is -0.670. The predicted molar refractivity (Wildman–Crippen MR) is 469 cm³/mol. The van der Waals surface area contributed by atoms with E-state index in [2.05, 4.69) is 66.1 Å². The van der Waals surface area contributed by atoms with Gasteiger partial charge in [-0.1, -0.05) is 30.3 Å². The number of amides is 3. The molecule has 8 aliphatic rings. The monoisotopic (exact) mass is 1730 g/mol. The molecular weight excluding hydrogens is 1650 g/mol. The van der Waals surface area contributed by atoms with E-state index in [-0.39, 0.29) is 19.0 Å². The number of nitrogens with two attached hydrogens (primary N) is 2. The molecule has 6 unspecified atom stereocenters. The Kier molecular flexibility index (Phi) is 24.2. The van der Waals surface area contributed by atoms with Crippen LogP contribution in [0.25, 0.3) is 94.6 Å². The molecule has 129 heavy (non-hydrogen) atoms. The molecule has 21 heterocycles. The van der Waals surface area contributed by atoms with Crippen LogP contribution in [0.4, 0.5) is 10.6 Å². The molecule has 0 radical (unpaired) electrons. The third-order valence-corrected chi connectivity index (χ3v) is 24.1. The van der Waals surface area contributed by atoms with Crippen molar-refractivity contribution in [3.05, 3.63) is 310 Å². The van der Waals surface area contributed by atoms with Crippen LogP contribution in [0.5, 0.6) is 0 Å². The highest BCUT2D eigenvalue weighted by atomic mass is 16.5. The van der Waals surface area contributed by atoms with Gasteiger partial charge in [-0.3, -0.25) is 53.8 Å². The minimum Gasteiger partial charge on any atom is -0.386 e. The molecule has 3 amide bonds. The SMILES string of the molecule is NC(=O)N1CCCc2cc(-c3cncc4c3COCC4O)cnc21.NC(=O)c1cccc2cc(-c3cncc4c3COCC4O)cnc12.O=C1CCc2cc(-c3cncc4c3COCC4O)ccc21.OC1COCc2c(-c3ccc4nncn4c3)cncc21.OC1COCc2c(-c3ccn4ccnc4c3)cncc21.OC1COCc2c(-c3ccn4ccnc4c3)cncc21. The standard InChI is InChI=1S/C18H15N3O3.C17H18N4O3.C17H15NO3.2C15H13N3O2.C14H12N4O2/c19-18(23)12-3-1-2-10-4-11(5-21-17(10)12)13-6-20-7-14-15(13)8-24-9-16(14)22;18-17(23)21-3-1-2-10-4-11(5-20-16(10)21)12-6-19-7-13-14(12)8-24-9-15(13)22;19-16-4-2-10-5-11(1-3-12(10)16)13-6-18-7-14-15(13)8-21-9-17(14)20;2*19-14-9-20-8-13-11(6-16-7-12(13)14)10-1-3-18-4-2-17-15(18)5-10;19-13-7-20-6-12-10(3-15-4-11(12)13)9-1-2-14-17-16-8-18(14)5-9/h1-7,16,22H,8-9H2,(H2,19,23);4-7,15,22H,1-3,8-9H2,(H2,18,23);1,3,5-7,17,20H,2,4,8-9H2;2*1-7,14,19H,8-9H2;1-5,8,13,19H,6-7H2. The van der Waals surface area contributed by atoms with Gasteiger partial charge in [-0.25, -0.2) is 19.7 Å². The van der Waals surface area contributed by atoms with Crippen molar-refractivity contribution in [2.24, 2.45) is 11.5 Å². The first kappa shape index (κ1) is 84.3. The zero-order chi connectivity index (χ0) is 88.3. The first-order valence-corrected chi connectivity index (χ1v) is 42.0. The molecule has 16 aromatic rings. The summed E-state index contributed by atoms with van der Waals surface area (Å²) in [5.74, 6) is 0.353. The summed E-state index contributed by atoms with van der Waals surface area (Å²) in [6.07, 6.45) is 38.6. The normalized spacial score (nSPS) is 18.5. The lowest BCUT2D eigenvalue weighted by Gasteiger charge is -2.27. The molecule has 0 spiro atoms. The Labute approximate surface area is 736 Å². The average molecular weight is 1730 g/mol. The fourth-order valence-electron chi connectivity index (χ4n) is 17.5. The number of hydrogen-bond donors (Lipinski definition) is 8.